The molecule has 4 aromatic heterocycles. The molecule has 1 aliphatic heterocycles. The zero-order valence-electron chi connectivity index (χ0n) is 14.6. The second kappa shape index (κ2) is 6.42. The highest BCUT2D eigenvalue weighted by Gasteiger charge is 2.25. The van der Waals surface area contributed by atoms with Crippen molar-refractivity contribution in [2.45, 2.75) is 13.1 Å². The van der Waals surface area contributed by atoms with Gasteiger partial charge in [-0.1, -0.05) is 11.6 Å². The quantitative estimate of drug-likeness (QED) is 0.488. The number of imidazole rings is 1. The van der Waals surface area contributed by atoms with Crippen molar-refractivity contribution >= 4 is 23.0 Å². The summed E-state index contributed by atoms with van der Waals surface area (Å²) in [6.07, 6.45) is 5.02. The second-order valence-electron chi connectivity index (χ2n) is 6.58. The van der Waals surface area contributed by atoms with Crippen LogP contribution >= 0.6 is 11.6 Å². The summed E-state index contributed by atoms with van der Waals surface area (Å²) < 4.78 is 16.6. The van der Waals surface area contributed by atoms with Crippen molar-refractivity contribution in [3.63, 3.8) is 0 Å². The van der Waals surface area contributed by atoms with E-state index in [1.54, 1.807) is 33.8 Å². The maximum atomic E-state index is 13.0. The van der Waals surface area contributed by atoms with Gasteiger partial charge in [0.25, 0.3) is 5.91 Å². The minimum absolute atomic E-state index is 0.154. The van der Waals surface area contributed by atoms with E-state index in [1.807, 2.05) is 16.8 Å². The summed E-state index contributed by atoms with van der Waals surface area (Å²) in [5.41, 5.74) is 2.61. The first-order chi connectivity index (χ1) is 13.6. The standard InChI is InChI=1S/C19H14ClFN6O/c20-13-2-3-14-7-15(24-27(14)9-13)19(28)26-6-5-25-10-16(23-18(25)11-26)12-1-4-17(21)22-8-12/h1-4,7-10H,5-6,11H2. The van der Waals surface area contributed by atoms with Crippen LogP contribution in [0, 0.1) is 5.95 Å². The normalized spacial score (nSPS) is 13.7. The third-order valence-electron chi connectivity index (χ3n) is 4.76. The van der Waals surface area contributed by atoms with E-state index in [9.17, 15) is 9.18 Å². The number of nitrogens with zero attached hydrogens (tertiary/aromatic N) is 6. The van der Waals surface area contributed by atoms with Gasteiger partial charge < -0.3 is 9.47 Å². The molecule has 0 unspecified atom stereocenters. The molecule has 7 nitrogen and oxygen atoms in total. The predicted molar refractivity (Wildman–Crippen MR) is 100 cm³/mol. The Labute approximate surface area is 164 Å². The summed E-state index contributed by atoms with van der Waals surface area (Å²) in [6, 6.07) is 8.27. The van der Waals surface area contributed by atoms with Crippen LogP contribution in [-0.4, -0.2) is 41.5 Å². The van der Waals surface area contributed by atoms with E-state index < -0.39 is 5.95 Å². The number of carbonyl (C=O) groups is 1. The number of aromatic nitrogens is 5. The van der Waals surface area contributed by atoms with E-state index in [0.29, 0.717) is 36.0 Å². The van der Waals surface area contributed by atoms with Crippen LogP contribution in [0.1, 0.15) is 16.3 Å². The zero-order chi connectivity index (χ0) is 19.3. The van der Waals surface area contributed by atoms with Crippen LogP contribution < -0.4 is 0 Å². The molecule has 1 aliphatic rings. The molecular weight excluding hydrogens is 383 g/mol. The largest absolute Gasteiger partial charge is 0.331 e. The number of carbonyl (C=O) groups excluding carboxylic acids is 1. The van der Waals surface area contributed by atoms with Crippen LogP contribution in [0.2, 0.25) is 5.02 Å². The molecule has 5 rings (SSSR count). The van der Waals surface area contributed by atoms with Crippen molar-refractivity contribution in [2.75, 3.05) is 6.54 Å². The molecule has 5 heterocycles. The minimum Gasteiger partial charge on any atom is -0.331 e. The van der Waals surface area contributed by atoms with Gasteiger partial charge in [0.1, 0.15) is 5.82 Å². The average molecular weight is 397 g/mol. The maximum absolute atomic E-state index is 13.0. The predicted octanol–water partition coefficient (Wildman–Crippen LogP) is 3.04. The van der Waals surface area contributed by atoms with Gasteiger partial charge in [0.05, 0.1) is 22.8 Å². The molecule has 0 spiro atoms. The van der Waals surface area contributed by atoms with Gasteiger partial charge in [0, 0.05) is 37.2 Å². The molecule has 0 N–H and O–H groups in total. The second-order valence-corrected chi connectivity index (χ2v) is 7.01. The summed E-state index contributed by atoms with van der Waals surface area (Å²) in [7, 11) is 0. The molecule has 0 aromatic carbocycles. The van der Waals surface area contributed by atoms with Gasteiger partial charge in [0.2, 0.25) is 5.95 Å². The molecule has 1 amide bonds. The molecule has 0 fully saturated rings. The first-order valence-corrected chi connectivity index (χ1v) is 9.07. The Kier molecular flexibility index (Phi) is 3.87. The lowest BCUT2D eigenvalue weighted by Gasteiger charge is -2.26. The molecule has 4 aromatic rings. The van der Waals surface area contributed by atoms with Gasteiger partial charge in [-0.25, -0.2) is 14.5 Å². The van der Waals surface area contributed by atoms with Crippen LogP contribution in [0.3, 0.4) is 0 Å². The van der Waals surface area contributed by atoms with Gasteiger partial charge in [0.15, 0.2) is 5.69 Å². The zero-order valence-corrected chi connectivity index (χ0v) is 15.3. The smallest absolute Gasteiger partial charge is 0.274 e. The van der Waals surface area contributed by atoms with Gasteiger partial charge >= 0.3 is 0 Å². The summed E-state index contributed by atoms with van der Waals surface area (Å²) in [6.45, 7) is 1.56. The van der Waals surface area contributed by atoms with E-state index in [2.05, 4.69) is 15.1 Å². The fourth-order valence-corrected chi connectivity index (χ4v) is 3.48. The molecule has 0 saturated carbocycles. The highest BCUT2D eigenvalue weighted by molar-refractivity contribution is 6.30. The molecule has 0 radical (unpaired) electrons. The van der Waals surface area contributed by atoms with E-state index in [0.717, 1.165) is 16.9 Å². The lowest BCUT2D eigenvalue weighted by Crippen LogP contribution is -2.38. The molecule has 0 aliphatic carbocycles. The maximum Gasteiger partial charge on any atom is 0.274 e. The van der Waals surface area contributed by atoms with Crippen molar-refractivity contribution in [1.29, 1.82) is 0 Å². The van der Waals surface area contributed by atoms with Crippen molar-refractivity contribution in [3.8, 4) is 11.3 Å². The monoisotopic (exact) mass is 396 g/mol. The number of hydrogen-bond donors (Lipinski definition) is 0. The first-order valence-electron chi connectivity index (χ1n) is 8.69. The van der Waals surface area contributed by atoms with Crippen molar-refractivity contribution in [2.24, 2.45) is 0 Å². The van der Waals surface area contributed by atoms with Crippen molar-refractivity contribution in [3.05, 3.63) is 71.4 Å². The fraction of sp³-hybridized carbons (Fsp3) is 0.158. The Morgan fingerprint density at radius 1 is 1.14 bits per heavy atom. The fourth-order valence-electron chi connectivity index (χ4n) is 3.32. The number of hydrogen-bond acceptors (Lipinski definition) is 4. The van der Waals surface area contributed by atoms with E-state index in [4.69, 9.17) is 11.6 Å². The van der Waals surface area contributed by atoms with Gasteiger partial charge in [-0.05, 0) is 30.3 Å². The molecule has 0 bridgehead atoms. The Bertz CT molecular complexity index is 1200. The average Bonchev–Trinajstić information content (AvgIpc) is 3.30. The molecule has 28 heavy (non-hydrogen) atoms. The summed E-state index contributed by atoms with van der Waals surface area (Å²) in [4.78, 5) is 22.9. The van der Waals surface area contributed by atoms with Gasteiger partial charge in [-0.2, -0.15) is 9.49 Å². The summed E-state index contributed by atoms with van der Waals surface area (Å²) in [5.74, 6) is 0.0861. The molecule has 0 saturated heterocycles. The van der Waals surface area contributed by atoms with E-state index in [-0.39, 0.29) is 5.91 Å². The van der Waals surface area contributed by atoms with E-state index >= 15 is 0 Å². The number of pyridine rings is 2. The molecule has 140 valence electrons. The Balaban J connectivity index is 1.40. The van der Waals surface area contributed by atoms with Crippen LogP contribution in [0.15, 0.2) is 48.9 Å². The van der Waals surface area contributed by atoms with Gasteiger partial charge in [-0.15, -0.1) is 0 Å². The molecule has 0 atom stereocenters. The lowest BCUT2D eigenvalue weighted by atomic mass is 10.2. The van der Waals surface area contributed by atoms with Gasteiger partial charge in [-0.3, -0.25) is 4.79 Å². The number of rotatable bonds is 2. The summed E-state index contributed by atoms with van der Waals surface area (Å²) >= 11 is 5.98. The van der Waals surface area contributed by atoms with Crippen LogP contribution in [0.4, 0.5) is 4.39 Å². The minimum atomic E-state index is -0.529. The third-order valence-corrected chi connectivity index (χ3v) is 4.98. The Hall–Kier alpha value is -3.26. The number of amides is 1. The lowest BCUT2D eigenvalue weighted by molar-refractivity contribution is 0.0701. The van der Waals surface area contributed by atoms with Crippen LogP contribution in [0.25, 0.3) is 16.8 Å². The highest BCUT2D eigenvalue weighted by Crippen LogP contribution is 2.22. The summed E-state index contributed by atoms with van der Waals surface area (Å²) in [5, 5.41) is 4.89. The van der Waals surface area contributed by atoms with E-state index in [1.165, 1.54) is 12.3 Å². The molecular formula is C19H14ClFN6O. The Morgan fingerprint density at radius 3 is 2.86 bits per heavy atom. The highest BCUT2D eigenvalue weighted by atomic mass is 35.5. The van der Waals surface area contributed by atoms with Crippen LogP contribution in [-0.2, 0) is 13.1 Å². The first kappa shape index (κ1) is 16.9. The third kappa shape index (κ3) is 2.91. The Morgan fingerprint density at radius 2 is 2.04 bits per heavy atom. The van der Waals surface area contributed by atoms with Crippen LogP contribution in [0.5, 0.6) is 0 Å². The SMILES string of the molecule is O=C(c1cc2ccc(Cl)cn2n1)N1CCn2cc(-c3ccc(F)nc3)nc2C1. The topological polar surface area (TPSA) is 68.3 Å². The number of fused-ring (bicyclic) bond motifs is 2. The van der Waals surface area contributed by atoms with Crippen molar-refractivity contribution in [1.82, 2.24) is 29.0 Å². The molecule has 9 heteroatoms. The number of halogens is 2. The van der Waals surface area contributed by atoms with Crippen molar-refractivity contribution < 1.29 is 9.18 Å².